The number of carboxylic acid groups (broad SMARTS) is 3. The minimum atomic E-state index is -1.35. The summed E-state index contributed by atoms with van der Waals surface area (Å²) in [5.41, 5.74) is 10.6. The van der Waals surface area contributed by atoms with Crippen molar-refractivity contribution in [1.82, 2.24) is 10.6 Å². The fourth-order valence-corrected chi connectivity index (χ4v) is 2.03. The number of hydrogen-bond donors (Lipinski definition) is 7. The van der Waals surface area contributed by atoms with Gasteiger partial charge in [-0.15, -0.1) is 0 Å². The molecule has 0 aromatic heterocycles. The molecule has 2 amide bonds. The highest BCUT2D eigenvalue weighted by Gasteiger charge is 2.25. The normalized spacial score (nSPS) is 15.1. The lowest BCUT2D eigenvalue weighted by Crippen LogP contribution is -2.48. The van der Waals surface area contributed by atoms with Crippen LogP contribution in [0, 0.1) is 0 Å². The largest absolute Gasteiger partial charge is 0.480 e. The second kappa shape index (κ2) is 11.8. The fraction of sp³-hybridized carbons (Fsp3) is 0.667. The van der Waals surface area contributed by atoms with Crippen LogP contribution in [-0.2, 0) is 24.0 Å². The van der Waals surface area contributed by atoms with E-state index in [4.69, 9.17) is 26.8 Å². The highest BCUT2D eigenvalue weighted by Crippen LogP contribution is 2.06. The zero-order valence-electron chi connectivity index (χ0n) is 14.9. The molecule has 0 aliphatic heterocycles. The second-order valence-corrected chi connectivity index (χ2v) is 6.06. The van der Waals surface area contributed by atoms with Crippen LogP contribution >= 0.6 is 0 Å². The van der Waals surface area contributed by atoms with E-state index in [0.29, 0.717) is 0 Å². The van der Waals surface area contributed by atoms with Gasteiger partial charge in [-0.25, -0.2) is 9.59 Å². The number of carboxylic acids is 3. The third kappa shape index (κ3) is 10.1. The summed E-state index contributed by atoms with van der Waals surface area (Å²) in [7, 11) is 0. The van der Waals surface area contributed by atoms with Crippen molar-refractivity contribution in [2.45, 2.75) is 63.2 Å². The summed E-state index contributed by atoms with van der Waals surface area (Å²) in [6, 6.07) is -4.65. The Morgan fingerprint density at radius 1 is 0.815 bits per heavy atom. The molecule has 0 saturated carbocycles. The van der Waals surface area contributed by atoms with Gasteiger partial charge in [0, 0.05) is 6.42 Å². The molecule has 0 aromatic carbocycles. The quantitative estimate of drug-likeness (QED) is 0.180. The molecule has 0 aromatic rings. The molecule has 0 bridgehead atoms. The molecule has 27 heavy (non-hydrogen) atoms. The topological polar surface area (TPSA) is 222 Å². The number of carbonyl (C=O) groups excluding carboxylic acids is 2. The van der Waals surface area contributed by atoms with Crippen LogP contribution in [0.4, 0.5) is 0 Å². The Morgan fingerprint density at radius 3 is 1.78 bits per heavy atom. The lowest BCUT2D eigenvalue weighted by molar-refractivity contribution is -0.143. The van der Waals surface area contributed by atoms with Crippen molar-refractivity contribution in [3.05, 3.63) is 0 Å². The van der Waals surface area contributed by atoms with Gasteiger partial charge in [0.05, 0.1) is 6.04 Å². The summed E-state index contributed by atoms with van der Waals surface area (Å²) in [4.78, 5) is 56.3. The molecule has 0 saturated heterocycles. The Kier molecular flexibility index (Phi) is 10.6. The fourth-order valence-electron chi connectivity index (χ4n) is 2.03. The molecule has 4 atom stereocenters. The lowest BCUT2D eigenvalue weighted by Gasteiger charge is -2.18. The van der Waals surface area contributed by atoms with Crippen molar-refractivity contribution in [2.24, 2.45) is 11.5 Å². The number of rotatable bonds is 13. The summed E-state index contributed by atoms with van der Waals surface area (Å²) in [6.07, 6.45) is -0.428. The summed E-state index contributed by atoms with van der Waals surface area (Å²) in [5.74, 6) is -5.28. The average Bonchev–Trinajstić information content (AvgIpc) is 2.56. The standard InChI is InChI=1S/C15H26N4O8/c1-7(16)12(21)19-10(15(26)27)5-6-11(20)18-9(14(24)25)4-2-3-8(17)13(22)23/h7-10H,2-6,16-17H2,1H3,(H,18,20)(H,19,21)(H,22,23)(H,24,25)(H,26,27)/t7-,8+,9-,10+/m0/s1. The van der Waals surface area contributed by atoms with E-state index in [2.05, 4.69) is 10.6 Å². The summed E-state index contributed by atoms with van der Waals surface area (Å²) in [6.45, 7) is 1.37. The molecule has 0 fully saturated rings. The molecular weight excluding hydrogens is 364 g/mol. The molecule has 0 aliphatic carbocycles. The van der Waals surface area contributed by atoms with Gasteiger partial charge >= 0.3 is 17.9 Å². The second-order valence-electron chi connectivity index (χ2n) is 6.06. The molecule has 0 radical (unpaired) electrons. The Balaban J connectivity index is 4.54. The Bertz CT molecular complexity index is 566. The summed E-state index contributed by atoms with van der Waals surface area (Å²) >= 11 is 0. The maximum atomic E-state index is 11.9. The van der Waals surface area contributed by atoms with Crippen LogP contribution in [0.2, 0.25) is 0 Å². The van der Waals surface area contributed by atoms with Crippen molar-refractivity contribution >= 4 is 29.7 Å². The Morgan fingerprint density at radius 2 is 1.33 bits per heavy atom. The number of nitrogens with one attached hydrogen (secondary N) is 2. The van der Waals surface area contributed by atoms with Crippen molar-refractivity contribution in [3.63, 3.8) is 0 Å². The monoisotopic (exact) mass is 390 g/mol. The van der Waals surface area contributed by atoms with Crippen LogP contribution < -0.4 is 22.1 Å². The Labute approximate surface area is 155 Å². The molecule has 0 spiro atoms. The van der Waals surface area contributed by atoms with E-state index in [9.17, 15) is 24.0 Å². The molecule has 0 aliphatic rings. The highest BCUT2D eigenvalue weighted by molar-refractivity contribution is 5.87. The minimum absolute atomic E-state index is 0.0359. The van der Waals surface area contributed by atoms with Gasteiger partial charge in [0.1, 0.15) is 18.1 Å². The third-order valence-electron chi connectivity index (χ3n) is 3.65. The smallest absolute Gasteiger partial charge is 0.326 e. The zero-order valence-corrected chi connectivity index (χ0v) is 14.9. The van der Waals surface area contributed by atoms with E-state index in [1.165, 1.54) is 6.92 Å². The van der Waals surface area contributed by atoms with E-state index in [1.807, 2.05) is 0 Å². The third-order valence-corrected chi connectivity index (χ3v) is 3.65. The van der Waals surface area contributed by atoms with Gasteiger partial charge in [-0.3, -0.25) is 14.4 Å². The maximum absolute atomic E-state index is 11.9. The summed E-state index contributed by atoms with van der Waals surface area (Å²) < 4.78 is 0. The molecule has 12 nitrogen and oxygen atoms in total. The summed E-state index contributed by atoms with van der Waals surface area (Å²) in [5, 5.41) is 31.3. The first-order chi connectivity index (χ1) is 12.5. The molecule has 0 rings (SSSR count). The van der Waals surface area contributed by atoms with Gasteiger partial charge in [0.2, 0.25) is 11.8 Å². The van der Waals surface area contributed by atoms with Crippen LogP contribution in [0.15, 0.2) is 0 Å². The molecule has 0 heterocycles. The molecular formula is C15H26N4O8. The van der Waals surface area contributed by atoms with Gasteiger partial charge in [-0.05, 0) is 32.6 Å². The maximum Gasteiger partial charge on any atom is 0.326 e. The van der Waals surface area contributed by atoms with Crippen LogP contribution in [-0.4, -0.2) is 69.2 Å². The highest BCUT2D eigenvalue weighted by atomic mass is 16.4. The molecule has 0 unspecified atom stereocenters. The first-order valence-electron chi connectivity index (χ1n) is 8.25. The number of nitrogens with two attached hydrogens (primary N) is 2. The van der Waals surface area contributed by atoms with Gasteiger partial charge in [0.25, 0.3) is 0 Å². The predicted octanol–water partition coefficient (Wildman–Crippen LogP) is -2.17. The Hall–Kier alpha value is -2.73. The minimum Gasteiger partial charge on any atom is -0.480 e. The van der Waals surface area contributed by atoms with Crippen LogP contribution in [0.3, 0.4) is 0 Å². The number of amides is 2. The zero-order chi connectivity index (χ0) is 21.1. The first kappa shape index (κ1) is 24.3. The molecule has 154 valence electrons. The molecule has 12 heteroatoms. The van der Waals surface area contributed by atoms with Crippen LogP contribution in [0.25, 0.3) is 0 Å². The van der Waals surface area contributed by atoms with Crippen molar-refractivity contribution < 1.29 is 39.3 Å². The average molecular weight is 390 g/mol. The SMILES string of the molecule is C[C@H](N)C(=O)N[C@H](CCC(=O)N[C@@H](CCC[C@@H](N)C(=O)O)C(=O)O)C(=O)O. The van der Waals surface area contributed by atoms with Crippen molar-refractivity contribution in [2.75, 3.05) is 0 Å². The van der Waals surface area contributed by atoms with E-state index in [0.717, 1.165) is 0 Å². The number of hydrogen-bond acceptors (Lipinski definition) is 7. The van der Waals surface area contributed by atoms with Crippen molar-refractivity contribution in [1.29, 1.82) is 0 Å². The lowest BCUT2D eigenvalue weighted by atomic mass is 10.1. The number of aliphatic carboxylic acids is 3. The van der Waals surface area contributed by atoms with Crippen LogP contribution in [0.1, 0.15) is 39.0 Å². The number of carbonyl (C=O) groups is 5. The van der Waals surface area contributed by atoms with E-state index in [-0.39, 0.29) is 32.1 Å². The van der Waals surface area contributed by atoms with Crippen LogP contribution in [0.5, 0.6) is 0 Å². The van der Waals surface area contributed by atoms with Crippen molar-refractivity contribution in [3.8, 4) is 0 Å². The van der Waals surface area contributed by atoms with E-state index >= 15 is 0 Å². The van der Waals surface area contributed by atoms with Gasteiger partial charge in [-0.1, -0.05) is 0 Å². The van der Waals surface area contributed by atoms with E-state index < -0.39 is 53.9 Å². The van der Waals surface area contributed by atoms with Gasteiger partial charge < -0.3 is 37.4 Å². The first-order valence-corrected chi connectivity index (χ1v) is 8.25. The van der Waals surface area contributed by atoms with E-state index in [1.54, 1.807) is 0 Å². The van der Waals surface area contributed by atoms with Gasteiger partial charge in [-0.2, -0.15) is 0 Å². The van der Waals surface area contributed by atoms with Gasteiger partial charge in [0.15, 0.2) is 0 Å². The molecule has 9 N–H and O–H groups in total. The predicted molar refractivity (Wildman–Crippen MR) is 91.5 cm³/mol.